The molecule has 10 nitrogen and oxygen atoms in total. The number of rotatable bonds is 8. The molecule has 2 heterocycles. The third-order valence-electron chi connectivity index (χ3n) is 5.99. The Labute approximate surface area is 214 Å². The zero-order valence-corrected chi connectivity index (χ0v) is 21.3. The molecule has 0 spiro atoms. The highest BCUT2D eigenvalue weighted by atomic mass is 32.2. The van der Waals surface area contributed by atoms with E-state index in [0.717, 1.165) is 43.4 Å². The van der Waals surface area contributed by atoms with E-state index in [9.17, 15) is 23.4 Å². The molecule has 0 saturated carbocycles. The second-order valence-electron chi connectivity index (χ2n) is 8.79. The van der Waals surface area contributed by atoms with E-state index in [1.54, 1.807) is 12.1 Å². The molecule has 0 radical (unpaired) electrons. The molecule has 0 aliphatic carbocycles. The van der Waals surface area contributed by atoms with E-state index in [1.807, 2.05) is 24.3 Å². The monoisotopic (exact) mass is 531 g/mol. The fourth-order valence-electron chi connectivity index (χ4n) is 4.14. The van der Waals surface area contributed by atoms with Gasteiger partial charge in [0.05, 0.1) is 23.0 Å². The van der Waals surface area contributed by atoms with E-state index in [2.05, 4.69) is 19.9 Å². The quantitative estimate of drug-likeness (QED) is 0.254. The third-order valence-corrected chi connectivity index (χ3v) is 7.39. The molecule has 4 rings (SSSR count). The summed E-state index contributed by atoms with van der Waals surface area (Å²) in [5, 5.41) is 24.1. The molecule has 2 aromatic rings. The van der Waals surface area contributed by atoms with Crippen LogP contribution in [0.3, 0.4) is 0 Å². The van der Waals surface area contributed by atoms with Crippen LogP contribution in [0.15, 0.2) is 52.4 Å². The number of aliphatic imine (C=N–C) groups is 1. The van der Waals surface area contributed by atoms with Crippen molar-refractivity contribution in [1.29, 1.82) is 0 Å². The van der Waals surface area contributed by atoms with Gasteiger partial charge in [0.15, 0.2) is 5.17 Å². The molecule has 1 unspecified atom stereocenters. The number of hydrogen-bond acceptors (Lipinski definition) is 9. The van der Waals surface area contributed by atoms with Crippen molar-refractivity contribution in [1.82, 2.24) is 5.32 Å². The van der Waals surface area contributed by atoms with Crippen molar-refractivity contribution in [3.63, 3.8) is 0 Å². The molecule has 2 aromatic carbocycles. The molecule has 2 aliphatic heterocycles. The number of aromatic hydroxyl groups is 1. The van der Waals surface area contributed by atoms with Crippen molar-refractivity contribution in [2.75, 3.05) is 35.5 Å². The number of nitrogens with two attached hydrogens (primary N) is 1. The fourth-order valence-corrected chi connectivity index (χ4v) is 5.38. The maximum absolute atomic E-state index is 11.8. The predicted molar refractivity (Wildman–Crippen MR) is 143 cm³/mol. The minimum absolute atomic E-state index is 0.0376. The third kappa shape index (κ3) is 6.78. The first-order valence-corrected chi connectivity index (χ1v) is 14.1. The highest BCUT2D eigenvalue weighted by Gasteiger charge is 2.22. The number of amides is 1. The van der Waals surface area contributed by atoms with Crippen LogP contribution in [0, 0.1) is 0 Å². The number of aliphatic hydroxyl groups is 1. The molecule has 12 heteroatoms. The number of carbonyl (C=O) groups is 1. The molecule has 192 valence electrons. The van der Waals surface area contributed by atoms with Gasteiger partial charge in [-0.1, -0.05) is 18.2 Å². The van der Waals surface area contributed by atoms with E-state index >= 15 is 0 Å². The molecule has 0 bridgehead atoms. The molecule has 36 heavy (non-hydrogen) atoms. The Morgan fingerprint density at radius 2 is 1.92 bits per heavy atom. The van der Waals surface area contributed by atoms with Gasteiger partial charge >= 0.3 is 0 Å². The van der Waals surface area contributed by atoms with Crippen LogP contribution in [-0.2, 0) is 14.8 Å². The number of anilines is 2. The zero-order valence-electron chi connectivity index (χ0n) is 19.7. The number of thioether (sulfide) groups is 1. The average molecular weight is 532 g/mol. The lowest BCUT2D eigenvalue weighted by Gasteiger charge is -2.34. The lowest BCUT2D eigenvalue weighted by Crippen LogP contribution is -2.43. The standard InChI is InChI=1S/C24H29N5O5S2/c1-36(33,34)28-19-13-16(4-7-20(19)30)21(31)14-26-17-8-10-29(11-9-17)18-5-2-15(3-6-18)12-22-23(32)27-24(25)35-22/h2-7,12-13,17,21,26,28,30-31H,8-11,14H2,1H3,(H2,25,27,32)/b22-12-. The van der Waals surface area contributed by atoms with Crippen LogP contribution in [0.2, 0.25) is 0 Å². The van der Waals surface area contributed by atoms with E-state index in [-0.39, 0.29) is 28.6 Å². The van der Waals surface area contributed by atoms with E-state index < -0.39 is 16.1 Å². The van der Waals surface area contributed by atoms with Crippen LogP contribution in [0.1, 0.15) is 30.1 Å². The summed E-state index contributed by atoms with van der Waals surface area (Å²) >= 11 is 1.18. The van der Waals surface area contributed by atoms with Crippen molar-refractivity contribution in [2.45, 2.75) is 25.0 Å². The summed E-state index contributed by atoms with van der Waals surface area (Å²) in [5.74, 6) is -0.510. The van der Waals surface area contributed by atoms with Crippen molar-refractivity contribution in [3.05, 3.63) is 58.5 Å². The summed E-state index contributed by atoms with van der Waals surface area (Å²) < 4.78 is 25.2. The Morgan fingerprint density at radius 1 is 1.22 bits per heavy atom. The number of amidine groups is 1. The van der Waals surface area contributed by atoms with Gasteiger partial charge in [-0.3, -0.25) is 9.52 Å². The van der Waals surface area contributed by atoms with Crippen molar-refractivity contribution >= 4 is 50.3 Å². The van der Waals surface area contributed by atoms with Crippen LogP contribution >= 0.6 is 11.8 Å². The first-order chi connectivity index (χ1) is 17.1. The fraction of sp³-hybridized carbons (Fsp3) is 0.333. The van der Waals surface area contributed by atoms with Crippen LogP contribution in [0.5, 0.6) is 5.75 Å². The molecule has 2 aliphatic rings. The molecule has 1 amide bonds. The number of carbonyl (C=O) groups excluding carboxylic acids is 1. The molecular formula is C24H29N5O5S2. The molecule has 6 N–H and O–H groups in total. The molecule has 1 fully saturated rings. The normalized spacial score (nSPS) is 18.9. The highest BCUT2D eigenvalue weighted by molar-refractivity contribution is 8.18. The molecule has 1 atom stereocenters. The number of nitrogens with zero attached hydrogens (tertiary/aromatic N) is 2. The van der Waals surface area contributed by atoms with E-state index in [4.69, 9.17) is 5.73 Å². The van der Waals surface area contributed by atoms with E-state index in [1.165, 1.54) is 23.9 Å². The number of aliphatic hydroxyl groups excluding tert-OH is 1. The van der Waals surface area contributed by atoms with Crippen molar-refractivity contribution in [2.24, 2.45) is 10.7 Å². The highest BCUT2D eigenvalue weighted by Crippen LogP contribution is 2.29. The summed E-state index contributed by atoms with van der Waals surface area (Å²) in [5.41, 5.74) is 8.15. The number of nitrogens with one attached hydrogen (secondary N) is 2. The SMILES string of the molecule is CS(=O)(=O)Nc1cc(C(O)CNC2CCN(c3ccc(/C=C4\SC(N)=NC4=O)cc3)CC2)ccc1O. The topological polar surface area (TPSA) is 157 Å². The number of phenols is 1. The number of piperidine rings is 1. The minimum atomic E-state index is -3.55. The maximum Gasteiger partial charge on any atom is 0.286 e. The van der Waals surface area contributed by atoms with E-state index in [0.29, 0.717) is 17.0 Å². The number of hydrogen-bond donors (Lipinski definition) is 5. The predicted octanol–water partition coefficient (Wildman–Crippen LogP) is 1.98. The van der Waals surface area contributed by atoms with Crippen molar-refractivity contribution in [3.8, 4) is 5.75 Å². The van der Waals surface area contributed by atoms with Gasteiger partial charge < -0.3 is 26.2 Å². The largest absolute Gasteiger partial charge is 0.506 e. The van der Waals surface area contributed by atoms with Gasteiger partial charge in [-0.25, -0.2) is 8.42 Å². The Bertz CT molecular complexity index is 1290. The minimum Gasteiger partial charge on any atom is -0.506 e. The lowest BCUT2D eigenvalue weighted by molar-refractivity contribution is -0.113. The van der Waals surface area contributed by atoms with Crippen LogP contribution in [-0.4, -0.2) is 61.6 Å². The maximum atomic E-state index is 11.8. The Morgan fingerprint density at radius 3 is 2.53 bits per heavy atom. The summed E-state index contributed by atoms with van der Waals surface area (Å²) in [6, 6.07) is 12.6. The van der Waals surface area contributed by atoms with Gasteiger partial charge in [-0.2, -0.15) is 4.99 Å². The second kappa shape index (κ2) is 10.9. The first kappa shape index (κ1) is 26.0. The average Bonchev–Trinajstić information content (AvgIpc) is 3.15. The van der Waals surface area contributed by atoms with Crippen LogP contribution < -0.4 is 20.7 Å². The summed E-state index contributed by atoms with van der Waals surface area (Å²) in [4.78, 5) is 18.3. The van der Waals surface area contributed by atoms with Gasteiger partial charge in [0, 0.05) is 31.4 Å². The summed E-state index contributed by atoms with van der Waals surface area (Å²) in [6.45, 7) is 2.02. The van der Waals surface area contributed by atoms with Gasteiger partial charge in [-0.05, 0) is 66.1 Å². The van der Waals surface area contributed by atoms with Gasteiger partial charge in [0.1, 0.15) is 5.75 Å². The number of phenolic OH excluding ortho intramolecular Hbond substituents is 1. The zero-order chi connectivity index (χ0) is 25.9. The lowest BCUT2D eigenvalue weighted by atomic mass is 10.0. The van der Waals surface area contributed by atoms with Crippen molar-refractivity contribution < 1.29 is 23.4 Å². The Hall–Kier alpha value is -3.06. The number of benzene rings is 2. The molecular weight excluding hydrogens is 502 g/mol. The van der Waals surface area contributed by atoms with Gasteiger partial charge in [-0.15, -0.1) is 0 Å². The summed E-state index contributed by atoms with van der Waals surface area (Å²) in [7, 11) is -3.55. The number of sulfonamides is 1. The first-order valence-electron chi connectivity index (χ1n) is 11.4. The van der Waals surface area contributed by atoms with Crippen LogP contribution in [0.4, 0.5) is 11.4 Å². The Kier molecular flexibility index (Phi) is 7.88. The van der Waals surface area contributed by atoms with Gasteiger partial charge in [0.2, 0.25) is 10.0 Å². The summed E-state index contributed by atoms with van der Waals surface area (Å²) in [6.07, 6.45) is 3.73. The van der Waals surface area contributed by atoms with Crippen LogP contribution in [0.25, 0.3) is 6.08 Å². The Balaban J connectivity index is 1.27. The van der Waals surface area contributed by atoms with Gasteiger partial charge in [0.25, 0.3) is 5.91 Å². The second-order valence-corrected chi connectivity index (χ2v) is 11.6. The molecule has 1 saturated heterocycles. The smallest absolute Gasteiger partial charge is 0.286 e. The molecule has 0 aromatic heterocycles.